The van der Waals surface area contributed by atoms with Crippen molar-refractivity contribution in [1.29, 1.82) is 0 Å². The molecule has 1 atom stereocenters. The first-order valence-corrected chi connectivity index (χ1v) is 6.81. The second-order valence-corrected chi connectivity index (χ2v) is 6.33. The molecular weight excluding hydrogens is 274 g/mol. The van der Waals surface area contributed by atoms with Gasteiger partial charge in [0.1, 0.15) is 4.88 Å². The number of hydrogen-bond donors (Lipinski definition) is 1. The molecule has 102 valence electrons. The van der Waals surface area contributed by atoms with Crippen molar-refractivity contribution in [3.63, 3.8) is 0 Å². The maximum absolute atomic E-state index is 12.0. The number of aromatic nitrogens is 2. The predicted molar refractivity (Wildman–Crippen MR) is 72.5 cm³/mol. The van der Waals surface area contributed by atoms with Gasteiger partial charge in [-0.2, -0.15) is 0 Å². The van der Waals surface area contributed by atoms with E-state index in [1.54, 1.807) is 7.11 Å². The highest BCUT2D eigenvalue weighted by molar-refractivity contribution is 7.08. The van der Waals surface area contributed by atoms with E-state index in [-0.39, 0.29) is 16.7 Å². The molecule has 0 spiro atoms. The second-order valence-electron chi connectivity index (χ2n) is 4.96. The van der Waals surface area contributed by atoms with Crippen molar-refractivity contribution in [3.8, 4) is 0 Å². The van der Waals surface area contributed by atoms with Gasteiger partial charge in [0.15, 0.2) is 0 Å². The summed E-state index contributed by atoms with van der Waals surface area (Å²) in [7, 11) is 1.57. The van der Waals surface area contributed by atoms with E-state index in [0.29, 0.717) is 23.7 Å². The Morgan fingerprint density at radius 1 is 1.56 bits per heavy atom. The number of nitrogens with zero attached hydrogens (tertiary/aromatic N) is 2. The van der Waals surface area contributed by atoms with E-state index in [1.165, 1.54) is 0 Å². The van der Waals surface area contributed by atoms with Crippen LogP contribution in [0.25, 0.3) is 0 Å². The second kappa shape index (κ2) is 6.45. The van der Waals surface area contributed by atoms with E-state index in [0.717, 1.165) is 11.5 Å². The van der Waals surface area contributed by atoms with Gasteiger partial charge in [0.05, 0.1) is 17.7 Å². The standard InChI is InChI=1S/C11H18ClN3O2S/c1-11(2,3)9-8(18-15-14-9)10(16)13-5-7(12)6-17-4/h7H,5-6H2,1-4H3,(H,13,16). The van der Waals surface area contributed by atoms with E-state index >= 15 is 0 Å². The van der Waals surface area contributed by atoms with Crippen LogP contribution in [0.15, 0.2) is 0 Å². The van der Waals surface area contributed by atoms with Crippen molar-refractivity contribution < 1.29 is 9.53 Å². The molecule has 18 heavy (non-hydrogen) atoms. The fourth-order valence-corrected chi connectivity index (χ4v) is 2.35. The lowest BCUT2D eigenvalue weighted by molar-refractivity contribution is 0.0951. The van der Waals surface area contributed by atoms with Gasteiger partial charge in [-0.05, 0) is 11.5 Å². The monoisotopic (exact) mass is 291 g/mol. The molecule has 1 unspecified atom stereocenters. The number of rotatable bonds is 5. The summed E-state index contributed by atoms with van der Waals surface area (Å²) in [6, 6.07) is 0. The molecule has 1 aromatic rings. The van der Waals surface area contributed by atoms with E-state index in [4.69, 9.17) is 16.3 Å². The molecule has 0 aliphatic heterocycles. The Bertz CT molecular complexity index is 403. The number of ether oxygens (including phenoxy) is 1. The van der Waals surface area contributed by atoms with Gasteiger partial charge < -0.3 is 10.1 Å². The normalized spacial score (nSPS) is 13.4. The average Bonchev–Trinajstić information content (AvgIpc) is 2.74. The summed E-state index contributed by atoms with van der Waals surface area (Å²) in [5.41, 5.74) is 0.509. The maximum Gasteiger partial charge on any atom is 0.265 e. The zero-order chi connectivity index (χ0) is 13.8. The summed E-state index contributed by atoms with van der Waals surface area (Å²) >= 11 is 7.05. The largest absolute Gasteiger partial charge is 0.383 e. The number of carbonyl (C=O) groups excluding carboxylic acids is 1. The van der Waals surface area contributed by atoms with Crippen molar-refractivity contribution in [2.24, 2.45) is 0 Å². The maximum atomic E-state index is 12.0. The van der Waals surface area contributed by atoms with Gasteiger partial charge in [0, 0.05) is 19.1 Å². The van der Waals surface area contributed by atoms with Crippen LogP contribution in [0.3, 0.4) is 0 Å². The Kier molecular flexibility index (Phi) is 5.49. The minimum absolute atomic E-state index is 0.184. The van der Waals surface area contributed by atoms with Crippen LogP contribution in [0.1, 0.15) is 36.1 Å². The number of amides is 1. The number of carbonyl (C=O) groups is 1. The first-order valence-electron chi connectivity index (χ1n) is 5.60. The Morgan fingerprint density at radius 2 is 2.22 bits per heavy atom. The quantitative estimate of drug-likeness (QED) is 0.841. The first kappa shape index (κ1) is 15.3. The van der Waals surface area contributed by atoms with Crippen molar-refractivity contribution in [1.82, 2.24) is 14.9 Å². The highest BCUT2D eigenvalue weighted by Crippen LogP contribution is 2.25. The van der Waals surface area contributed by atoms with Crippen LogP contribution in [0.2, 0.25) is 0 Å². The lowest BCUT2D eigenvalue weighted by atomic mass is 9.91. The number of alkyl halides is 1. The number of halogens is 1. The molecule has 1 heterocycles. The molecule has 1 rings (SSSR count). The minimum Gasteiger partial charge on any atom is -0.383 e. The molecule has 0 radical (unpaired) electrons. The third-order valence-electron chi connectivity index (χ3n) is 2.24. The lowest BCUT2D eigenvalue weighted by Crippen LogP contribution is -2.32. The molecule has 0 aromatic carbocycles. The molecule has 7 heteroatoms. The van der Waals surface area contributed by atoms with Crippen LogP contribution in [0, 0.1) is 0 Å². The number of nitrogens with one attached hydrogen (secondary N) is 1. The Morgan fingerprint density at radius 3 is 2.78 bits per heavy atom. The smallest absolute Gasteiger partial charge is 0.265 e. The SMILES string of the molecule is COCC(Cl)CNC(=O)c1snnc1C(C)(C)C. The molecule has 0 saturated heterocycles. The minimum atomic E-state index is -0.238. The predicted octanol–water partition coefficient (Wildman–Crippen LogP) is 1.82. The summed E-state index contributed by atoms with van der Waals surface area (Å²) in [4.78, 5) is 12.5. The molecule has 0 fully saturated rings. The molecule has 0 saturated carbocycles. The van der Waals surface area contributed by atoms with E-state index in [9.17, 15) is 4.79 Å². The Balaban J connectivity index is 2.65. The summed E-state index contributed by atoms with van der Waals surface area (Å²) in [5, 5.41) is 6.55. The van der Waals surface area contributed by atoms with Crippen molar-refractivity contribution >= 4 is 29.0 Å². The molecule has 1 amide bonds. The van der Waals surface area contributed by atoms with Gasteiger partial charge in [-0.1, -0.05) is 25.3 Å². The first-order chi connectivity index (χ1) is 8.36. The highest BCUT2D eigenvalue weighted by Gasteiger charge is 2.26. The average molecular weight is 292 g/mol. The van der Waals surface area contributed by atoms with Crippen LogP contribution in [0.5, 0.6) is 0 Å². The molecule has 1 aromatic heterocycles. The Hall–Kier alpha value is -0.720. The summed E-state index contributed by atoms with van der Waals surface area (Å²) in [6.07, 6.45) is 0. The summed E-state index contributed by atoms with van der Waals surface area (Å²) in [5.74, 6) is -0.184. The summed E-state index contributed by atoms with van der Waals surface area (Å²) < 4.78 is 8.75. The number of methoxy groups -OCH3 is 1. The van der Waals surface area contributed by atoms with Crippen LogP contribution in [-0.4, -0.2) is 41.1 Å². The molecule has 5 nitrogen and oxygen atoms in total. The van der Waals surface area contributed by atoms with Gasteiger partial charge in [-0.3, -0.25) is 4.79 Å². The number of hydrogen-bond acceptors (Lipinski definition) is 5. The fraction of sp³-hybridized carbons (Fsp3) is 0.727. The van der Waals surface area contributed by atoms with Gasteiger partial charge in [-0.15, -0.1) is 16.7 Å². The third-order valence-corrected chi connectivity index (χ3v) is 3.24. The zero-order valence-electron chi connectivity index (χ0n) is 11.0. The van der Waals surface area contributed by atoms with E-state index in [2.05, 4.69) is 14.9 Å². The lowest BCUT2D eigenvalue weighted by Gasteiger charge is -2.16. The van der Waals surface area contributed by atoms with Gasteiger partial charge in [-0.25, -0.2) is 0 Å². The fourth-order valence-electron chi connectivity index (χ4n) is 1.35. The van der Waals surface area contributed by atoms with E-state index < -0.39 is 0 Å². The summed E-state index contributed by atoms with van der Waals surface area (Å²) in [6.45, 7) is 6.74. The van der Waals surface area contributed by atoms with Crippen LogP contribution in [-0.2, 0) is 10.2 Å². The van der Waals surface area contributed by atoms with Crippen molar-refractivity contribution in [2.45, 2.75) is 31.6 Å². The Labute approximate surface area is 116 Å². The van der Waals surface area contributed by atoms with Crippen molar-refractivity contribution in [2.75, 3.05) is 20.3 Å². The highest BCUT2D eigenvalue weighted by atomic mass is 35.5. The van der Waals surface area contributed by atoms with Gasteiger partial charge >= 0.3 is 0 Å². The topological polar surface area (TPSA) is 64.1 Å². The van der Waals surface area contributed by atoms with Gasteiger partial charge in [0.2, 0.25) is 0 Å². The third kappa shape index (κ3) is 4.19. The van der Waals surface area contributed by atoms with E-state index in [1.807, 2.05) is 20.8 Å². The van der Waals surface area contributed by atoms with Crippen molar-refractivity contribution in [3.05, 3.63) is 10.6 Å². The molecule has 0 bridgehead atoms. The van der Waals surface area contributed by atoms with Gasteiger partial charge in [0.25, 0.3) is 5.91 Å². The molecule has 0 aliphatic carbocycles. The van der Waals surface area contributed by atoms with Crippen LogP contribution < -0.4 is 5.32 Å². The zero-order valence-corrected chi connectivity index (χ0v) is 12.6. The van der Waals surface area contributed by atoms with Crippen LogP contribution in [0.4, 0.5) is 0 Å². The van der Waals surface area contributed by atoms with Crippen LogP contribution >= 0.6 is 23.1 Å². The molecular formula is C11H18ClN3O2S. The molecule has 1 N–H and O–H groups in total. The molecule has 0 aliphatic rings.